The van der Waals surface area contributed by atoms with Crippen LogP contribution in [0.4, 0.5) is 0 Å². The normalized spacial score (nSPS) is 23.0. The highest BCUT2D eigenvalue weighted by molar-refractivity contribution is 8.00. The molecule has 5 nitrogen and oxygen atoms in total. The first-order chi connectivity index (χ1) is 9.00. The number of carboxylic acids is 1. The molecule has 0 unspecified atom stereocenters. The fourth-order valence-corrected chi connectivity index (χ4v) is 3.76. The average Bonchev–Trinajstić information content (AvgIpc) is 2.95. The van der Waals surface area contributed by atoms with Crippen molar-refractivity contribution in [3.63, 3.8) is 0 Å². The summed E-state index contributed by atoms with van der Waals surface area (Å²) in [7, 11) is 0. The molecule has 0 aliphatic carbocycles. The van der Waals surface area contributed by atoms with Gasteiger partial charge in [0.15, 0.2) is 5.76 Å². The third-order valence-corrected chi connectivity index (χ3v) is 4.32. The smallest absolute Gasteiger partial charge is 0.291 e. The van der Waals surface area contributed by atoms with Gasteiger partial charge in [-0.3, -0.25) is 4.79 Å². The number of nitrogens with zero attached hydrogens (tertiary/aromatic N) is 1. The van der Waals surface area contributed by atoms with Gasteiger partial charge in [-0.15, -0.1) is 11.8 Å². The van der Waals surface area contributed by atoms with Gasteiger partial charge >= 0.3 is 0 Å². The van der Waals surface area contributed by atoms with Crippen LogP contribution in [-0.4, -0.2) is 33.9 Å². The molecule has 0 radical (unpaired) electrons. The molecule has 1 fully saturated rings. The zero-order chi connectivity index (χ0) is 14.0. The number of hydrogen-bond donors (Lipinski definition) is 0. The van der Waals surface area contributed by atoms with E-state index >= 15 is 0 Å². The van der Waals surface area contributed by atoms with Gasteiger partial charge in [0.25, 0.3) is 5.91 Å². The van der Waals surface area contributed by atoms with Gasteiger partial charge in [0.05, 0.1) is 23.6 Å². The Kier molecular flexibility index (Phi) is 4.19. The van der Waals surface area contributed by atoms with E-state index in [1.165, 1.54) is 22.9 Å². The third-order valence-electron chi connectivity index (χ3n) is 3.00. The average molecular weight is 282 g/mol. The Hall–Kier alpha value is -1.43. The van der Waals surface area contributed by atoms with Gasteiger partial charge in [0, 0.05) is 5.75 Å². The van der Waals surface area contributed by atoms with Crippen molar-refractivity contribution in [1.82, 2.24) is 4.90 Å². The molecule has 19 heavy (non-hydrogen) atoms. The summed E-state index contributed by atoms with van der Waals surface area (Å²) in [6.07, 6.45) is 2.16. The van der Waals surface area contributed by atoms with E-state index in [0.29, 0.717) is 11.7 Å². The van der Waals surface area contributed by atoms with Gasteiger partial charge in [-0.25, -0.2) is 0 Å². The number of carbonyl (C=O) groups is 2. The molecule has 2 rings (SSSR count). The second kappa shape index (κ2) is 5.69. The number of carbonyl (C=O) groups excluding carboxylic acids is 2. The molecule has 0 bridgehead atoms. The zero-order valence-electron chi connectivity index (χ0n) is 10.9. The van der Waals surface area contributed by atoms with E-state index in [-0.39, 0.29) is 17.0 Å². The molecule has 0 saturated carbocycles. The lowest BCUT2D eigenvalue weighted by atomic mass is 10.1. The third kappa shape index (κ3) is 2.94. The minimum absolute atomic E-state index is 0.138. The lowest BCUT2D eigenvalue weighted by Gasteiger charge is -2.30. The van der Waals surface area contributed by atoms with Crippen molar-refractivity contribution in [3.05, 3.63) is 24.2 Å². The number of hydrogen-bond acceptors (Lipinski definition) is 5. The van der Waals surface area contributed by atoms with Crippen LogP contribution >= 0.6 is 11.8 Å². The van der Waals surface area contributed by atoms with Crippen molar-refractivity contribution in [2.75, 3.05) is 5.75 Å². The van der Waals surface area contributed by atoms with Crippen LogP contribution in [0, 0.1) is 5.92 Å². The fourth-order valence-electron chi connectivity index (χ4n) is 2.13. The molecule has 2 heterocycles. The van der Waals surface area contributed by atoms with Gasteiger partial charge in [-0.05, 0) is 24.5 Å². The van der Waals surface area contributed by atoms with E-state index < -0.39 is 12.0 Å². The highest BCUT2D eigenvalue weighted by Gasteiger charge is 2.39. The summed E-state index contributed by atoms with van der Waals surface area (Å²) in [6, 6.07) is 2.28. The summed E-state index contributed by atoms with van der Waals surface area (Å²) in [6.45, 7) is 4.09. The van der Waals surface area contributed by atoms with Crippen LogP contribution in [0.25, 0.3) is 0 Å². The van der Waals surface area contributed by atoms with Crippen LogP contribution in [0.5, 0.6) is 0 Å². The number of rotatable bonds is 4. The first kappa shape index (κ1) is 14.0. The van der Waals surface area contributed by atoms with Crippen LogP contribution in [0.2, 0.25) is 0 Å². The van der Waals surface area contributed by atoms with Crippen LogP contribution in [0.15, 0.2) is 22.8 Å². The summed E-state index contributed by atoms with van der Waals surface area (Å²) < 4.78 is 5.08. The Balaban J connectivity index is 2.23. The molecule has 2 atom stereocenters. The van der Waals surface area contributed by atoms with Gasteiger partial charge in [0.1, 0.15) is 0 Å². The zero-order valence-corrected chi connectivity index (χ0v) is 11.7. The molecule has 104 valence electrons. The molecule has 1 amide bonds. The topological polar surface area (TPSA) is 73.6 Å². The first-order valence-electron chi connectivity index (χ1n) is 6.19. The largest absolute Gasteiger partial charge is 0.548 e. The van der Waals surface area contributed by atoms with Crippen molar-refractivity contribution in [2.45, 2.75) is 31.7 Å². The SMILES string of the molecule is CC(C)C[C@H]1SC[C@H](C(=O)[O-])N1C(=O)c1ccco1. The number of thioether (sulfide) groups is 1. The molecule has 0 aromatic carbocycles. The van der Waals surface area contributed by atoms with Crippen molar-refractivity contribution in [1.29, 1.82) is 0 Å². The Labute approximate surface area is 116 Å². The number of furan rings is 1. The Morgan fingerprint density at radius 1 is 1.58 bits per heavy atom. The van der Waals surface area contributed by atoms with Gasteiger partial charge in [-0.1, -0.05) is 13.8 Å². The Bertz CT molecular complexity index is 457. The van der Waals surface area contributed by atoms with Crippen molar-refractivity contribution >= 4 is 23.6 Å². The molecule has 1 aromatic heterocycles. The lowest BCUT2D eigenvalue weighted by molar-refractivity contribution is -0.310. The van der Waals surface area contributed by atoms with Gasteiger partial charge in [0.2, 0.25) is 0 Å². The first-order valence-corrected chi connectivity index (χ1v) is 7.24. The minimum atomic E-state index is -1.21. The second-order valence-electron chi connectivity index (χ2n) is 4.94. The summed E-state index contributed by atoms with van der Waals surface area (Å²) in [5.41, 5.74) is 0. The molecule has 6 heteroatoms. The monoisotopic (exact) mass is 282 g/mol. The Morgan fingerprint density at radius 2 is 2.32 bits per heavy atom. The van der Waals surface area contributed by atoms with Gasteiger partial charge in [-0.2, -0.15) is 0 Å². The predicted molar refractivity (Wildman–Crippen MR) is 69.4 cm³/mol. The lowest BCUT2D eigenvalue weighted by Crippen LogP contribution is -2.50. The van der Waals surface area contributed by atoms with E-state index in [2.05, 4.69) is 0 Å². The van der Waals surface area contributed by atoms with E-state index in [1.807, 2.05) is 13.8 Å². The number of aliphatic carboxylic acids is 1. The number of carboxylic acid groups (broad SMARTS) is 1. The van der Waals surface area contributed by atoms with E-state index in [1.54, 1.807) is 12.1 Å². The van der Waals surface area contributed by atoms with Crippen molar-refractivity contribution < 1.29 is 19.1 Å². The van der Waals surface area contributed by atoms with Gasteiger partial charge < -0.3 is 19.2 Å². The maximum Gasteiger partial charge on any atom is 0.291 e. The predicted octanol–water partition coefficient (Wildman–Crippen LogP) is 0.959. The fraction of sp³-hybridized carbons (Fsp3) is 0.538. The molecule has 0 spiro atoms. The highest BCUT2D eigenvalue weighted by atomic mass is 32.2. The molecule has 1 aliphatic rings. The van der Waals surface area contributed by atoms with Crippen LogP contribution in [0.3, 0.4) is 0 Å². The van der Waals surface area contributed by atoms with Crippen molar-refractivity contribution in [2.24, 2.45) is 5.92 Å². The summed E-state index contributed by atoms with van der Waals surface area (Å²) in [4.78, 5) is 24.9. The molecular weight excluding hydrogens is 266 g/mol. The van der Waals surface area contributed by atoms with Crippen LogP contribution < -0.4 is 5.11 Å². The quantitative estimate of drug-likeness (QED) is 0.822. The van der Waals surface area contributed by atoms with Crippen LogP contribution in [-0.2, 0) is 4.79 Å². The number of amides is 1. The maximum absolute atomic E-state index is 12.3. The Morgan fingerprint density at radius 3 is 2.84 bits per heavy atom. The molecular formula is C13H16NO4S-. The van der Waals surface area contributed by atoms with Crippen LogP contribution in [0.1, 0.15) is 30.8 Å². The molecule has 1 saturated heterocycles. The van der Waals surface area contributed by atoms with E-state index in [0.717, 1.165) is 6.42 Å². The molecule has 1 aliphatic heterocycles. The summed E-state index contributed by atoms with van der Waals surface area (Å²) in [5, 5.41) is 11.0. The minimum Gasteiger partial charge on any atom is -0.548 e. The standard InChI is InChI=1S/C13H17NO4S/c1-8(2)6-11-14(9(7-19-11)13(16)17)12(15)10-4-3-5-18-10/h3-5,8-9,11H,6-7H2,1-2H3,(H,16,17)/p-1/t9-,11-/m1/s1. The second-order valence-corrected chi connectivity index (χ2v) is 6.15. The van der Waals surface area contributed by atoms with E-state index in [9.17, 15) is 14.7 Å². The maximum atomic E-state index is 12.3. The molecule has 1 aromatic rings. The highest BCUT2D eigenvalue weighted by Crippen LogP contribution is 2.34. The summed E-state index contributed by atoms with van der Waals surface area (Å²) in [5.74, 6) is -0.674. The van der Waals surface area contributed by atoms with E-state index in [4.69, 9.17) is 4.42 Å². The summed E-state index contributed by atoms with van der Waals surface area (Å²) >= 11 is 1.48. The molecule has 0 N–H and O–H groups in total. The van der Waals surface area contributed by atoms with Crippen molar-refractivity contribution in [3.8, 4) is 0 Å².